The molecule has 0 bridgehead atoms. The second kappa shape index (κ2) is 4.69. The Labute approximate surface area is 108 Å². The van der Waals surface area contributed by atoms with Gasteiger partial charge in [-0.3, -0.25) is 0 Å². The molecule has 0 radical (unpaired) electrons. The van der Waals surface area contributed by atoms with Gasteiger partial charge in [0.2, 0.25) is 0 Å². The molecule has 4 heteroatoms. The molecule has 0 spiro atoms. The highest BCUT2D eigenvalue weighted by molar-refractivity contribution is 5.36. The molecule has 0 amide bonds. The summed E-state index contributed by atoms with van der Waals surface area (Å²) in [4.78, 5) is 7.18. The molecule has 4 nitrogen and oxygen atoms in total. The van der Waals surface area contributed by atoms with Crippen molar-refractivity contribution in [2.45, 2.75) is 38.6 Å². The number of pyridine rings is 1. The topological polar surface area (TPSA) is 33.4 Å². The molecule has 3 rings (SSSR count). The number of fused-ring (bicyclic) bond motifs is 1. The first-order valence-electron chi connectivity index (χ1n) is 6.79. The third kappa shape index (κ3) is 2.12. The second-order valence-electron chi connectivity index (χ2n) is 5.40. The molecule has 2 aromatic heterocycles. The van der Waals surface area contributed by atoms with Crippen LogP contribution in [0.25, 0.3) is 5.65 Å². The van der Waals surface area contributed by atoms with Gasteiger partial charge in [-0.05, 0) is 45.4 Å². The lowest BCUT2D eigenvalue weighted by molar-refractivity contribution is 0.165. The normalized spacial score (nSPS) is 21.8. The van der Waals surface area contributed by atoms with Crippen molar-refractivity contribution in [3.8, 4) is 0 Å². The van der Waals surface area contributed by atoms with Crippen molar-refractivity contribution in [3.05, 3.63) is 30.2 Å². The van der Waals surface area contributed by atoms with Crippen LogP contribution in [0.2, 0.25) is 0 Å². The van der Waals surface area contributed by atoms with Crippen LogP contribution in [-0.4, -0.2) is 38.6 Å². The van der Waals surface area contributed by atoms with Crippen LogP contribution >= 0.6 is 0 Å². The summed E-state index contributed by atoms with van der Waals surface area (Å²) in [6, 6.07) is 6.63. The molecule has 3 heterocycles. The minimum atomic E-state index is 0.487. The van der Waals surface area contributed by atoms with E-state index in [4.69, 9.17) is 0 Å². The molecule has 18 heavy (non-hydrogen) atoms. The third-order valence-electron chi connectivity index (χ3n) is 3.81. The molecule has 0 N–H and O–H groups in total. The first-order valence-corrected chi connectivity index (χ1v) is 6.79. The Morgan fingerprint density at radius 1 is 1.33 bits per heavy atom. The lowest BCUT2D eigenvalue weighted by Crippen LogP contribution is -2.39. The van der Waals surface area contributed by atoms with Gasteiger partial charge in [0.15, 0.2) is 11.5 Å². The summed E-state index contributed by atoms with van der Waals surface area (Å²) in [6.07, 6.45) is 4.42. The van der Waals surface area contributed by atoms with E-state index in [1.54, 1.807) is 0 Å². The quantitative estimate of drug-likeness (QED) is 0.813. The van der Waals surface area contributed by atoms with Gasteiger partial charge in [0.1, 0.15) is 0 Å². The Morgan fingerprint density at radius 3 is 3.00 bits per heavy atom. The van der Waals surface area contributed by atoms with E-state index in [2.05, 4.69) is 28.8 Å². The van der Waals surface area contributed by atoms with Crippen molar-refractivity contribution < 1.29 is 0 Å². The third-order valence-corrected chi connectivity index (χ3v) is 3.81. The van der Waals surface area contributed by atoms with Crippen LogP contribution < -0.4 is 0 Å². The Kier molecular flexibility index (Phi) is 3.04. The van der Waals surface area contributed by atoms with Crippen molar-refractivity contribution in [1.82, 2.24) is 19.5 Å². The fourth-order valence-electron chi connectivity index (χ4n) is 2.71. The van der Waals surface area contributed by atoms with E-state index in [1.807, 2.05) is 28.9 Å². The van der Waals surface area contributed by atoms with E-state index in [0.717, 1.165) is 18.0 Å². The van der Waals surface area contributed by atoms with Gasteiger partial charge in [0.05, 0.1) is 0 Å². The monoisotopic (exact) mass is 244 g/mol. The molecule has 1 aliphatic heterocycles. The standard InChI is InChI=1S/C14H20N4/c1-11(2)17-8-5-6-12(10-17)14-15-13-7-3-4-9-18(13)16-14/h3-4,7,9,11-12H,5-6,8,10H2,1-2H3. The summed E-state index contributed by atoms with van der Waals surface area (Å²) < 4.78 is 1.88. The van der Waals surface area contributed by atoms with Crippen LogP contribution in [0.4, 0.5) is 0 Å². The van der Waals surface area contributed by atoms with Crippen molar-refractivity contribution in [2.75, 3.05) is 13.1 Å². The van der Waals surface area contributed by atoms with Crippen LogP contribution in [0, 0.1) is 0 Å². The van der Waals surface area contributed by atoms with Gasteiger partial charge in [0, 0.05) is 24.7 Å². The maximum atomic E-state index is 4.66. The second-order valence-corrected chi connectivity index (χ2v) is 5.40. The fraction of sp³-hybridized carbons (Fsp3) is 0.571. The summed E-state index contributed by atoms with van der Waals surface area (Å²) in [5.41, 5.74) is 0.953. The van der Waals surface area contributed by atoms with Crippen LogP contribution in [0.1, 0.15) is 38.4 Å². The Bertz CT molecular complexity index is 498. The number of piperidine rings is 1. The minimum absolute atomic E-state index is 0.487. The molecular formula is C14H20N4. The number of nitrogens with zero attached hydrogens (tertiary/aromatic N) is 4. The van der Waals surface area contributed by atoms with E-state index in [-0.39, 0.29) is 0 Å². The van der Waals surface area contributed by atoms with Gasteiger partial charge < -0.3 is 4.90 Å². The molecule has 0 aliphatic carbocycles. The van der Waals surface area contributed by atoms with Crippen molar-refractivity contribution in [2.24, 2.45) is 0 Å². The molecule has 96 valence electrons. The van der Waals surface area contributed by atoms with Gasteiger partial charge in [-0.25, -0.2) is 9.50 Å². The van der Waals surface area contributed by atoms with E-state index < -0.39 is 0 Å². The first-order chi connectivity index (χ1) is 8.74. The van der Waals surface area contributed by atoms with E-state index in [1.165, 1.54) is 19.4 Å². The zero-order chi connectivity index (χ0) is 12.5. The summed E-state index contributed by atoms with van der Waals surface area (Å²) in [6.45, 7) is 6.83. The van der Waals surface area contributed by atoms with Crippen LogP contribution in [0.15, 0.2) is 24.4 Å². The summed E-state index contributed by atoms with van der Waals surface area (Å²) in [7, 11) is 0. The van der Waals surface area contributed by atoms with Gasteiger partial charge >= 0.3 is 0 Å². The summed E-state index contributed by atoms with van der Waals surface area (Å²) in [5.74, 6) is 1.49. The Balaban J connectivity index is 1.85. The SMILES string of the molecule is CC(C)N1CCCC(c2nc3ccccn3n2)C1. The largest absolute Gasteiger partial charge is 0.300 e. The molecule has 0 aromatic carbocycles. The van der Waals surface area contributed by atoms with E-state index >= 15 is 0 Å². The maximum absolute atomic E-state index is 4.66. The molecule has 1 unspecified atom stereocenters. The summed E-state index contributed by atoms with van der Waals surface area (Å²) >= 11 is 0. The number of likely N-dealkylation sites (tertiary alicyclic amines) is 1. The lowest BCUT2D eigenvalue weighted by Gasteiger charge is -2.34. The predicted molar refractivity (Wildman–Crippen MR) is 71.7 cm³/mol. The first kappa shape index (κ1) is 11.7. The molecule has 1 saturated heterocycles. The average Bonchev–Trinajstić information content (AvgIpc) is 2.82. The van der Waals surface area contributed by atoms with E-state index in [9.17, 15) is 0 Å². The maximum Gasteiger partial charge on any atom is 0.156 e. The zero-order valence-corrected chi connectivity index (χ0v) is 11.1. The highest BCUT2D eigenvalue weighted by atomic mass is 15.3. The molecule has 1 fully saturated rings. The van der Waals surface area contributed by atoms with Crippen molar-refractivity contribution in [3.63, 3.8) is 0 Å². The number of rotatable bonds is 2. The zero-order valence-electron chi connectivity index (χ0n) is 11.1. The highest BCUT2D eigenvalue weighted by Gasteiger charge is 2.25. The van der Waals surface area contributed by atoms with Gasteiger partial charge in [0.25, 0.3) is 0 Å². The van der Waals surface area contributed by atoms with Gasteiger partial charge in [-0.1, -0.05) is 6.07 Å². The molecule has 1 atom stereocenters. The molecule has 1 aliphatic rings. The van der Waals surface area contributed by atoms with Gasteiger partial charge in [-0.2, -0.15) is 5.10 Å². The van der Waals surface area contributed by atoms with Crippen LogP contribution in [0.5, 0.6) is 0 Å². The fourth-order valence-corrected chi connectivity index (χ4v) is 2.71. The number of hydrogen-bond acceptors (Lipinski definition) is 3. The predicted octanol–water partition coefficient (Wildman–Crippen LogP) is 2.32. The smallest absolute Gasteiger partial charge is 0.156 e. The summed E-state index contributed by atoms with van der Waals surface area (Å²) in [5, 5.41) is 4.61. The number of hydrogen-bond donors (Lipinski definition) is 0. The molecule has 0 saturated carbocycles. The van der Waals surface area contributed by atoms with Crippen molar-refractivity contribution >= 4 is 5.65 Å². The van der Waals surface area contributed by atoms with E-state index in [0.29, 0.717) is 12.0 Å². The Hall–Kier alpha value is -1.42. The van der Waals surface area contributed by atoms with Crippen LogP contribution in [-0.2, 0) is 0 Å². The van der Waals surface area contributed by atoms with Crippen molar-refractivity contribution in [1.29, 1.82) is 0 Å². The number of aromatic nitrogens is 3. The van der Waals surface area contributed by atoms with Crippen LogP contribution in [0.3, 0.4) is 0 Å². The molecule has 2 aromatic rings. The minimum Gasteiger partial charge on any atom is -0.300 e. The van der Waals surface area contributed by atoms with Gasteiger partial charge in [-0.15, -0.1) is 0 Å². The lowest BCUT2D eigenvalue weighted by atomic mass is 9.96. The average molecular weight is 244 g/mol. The Morgan fingerprint density at radius 2 is 2.22 bits per heavy atom. The molecular weight excluding hydrogens is 224 g/mol. The highest BCUT2D eigenvalue weighted by Crippen LogP contribution is 2.25.